The van der Waals surface area contributed by atoms with Crippen LogP contribution in [-0.2, 0) is 13.5 Å². The zero-order valence-corrected chi connectivity index (χ0v) is 39.2. The fourth-order valence-corrected chi connectivity index (χ4v) is 14.9. The van der Waals surface area contributed by atoms with Crippen molar-refractivity contribution in [2.24, 2.45) is 0 Å². The Hall–Kier alpha value is -4.62. The van der Waals surface area contributed by atoms with Gasteiger partial charge in [0.15, 0.2) is 0 Å². The van der Waals surface area contributed by atoms with Gasteiger partial charge >= 0.3 is 120 Å². The molecule has 3 aliphatic rings. The summed E-state index contributed by atoms with van der Waals surface area (Å²) in [6.45, 7) is 14.4. The summed E-state index contributed by atoms with van der Waals surface area (Å²) in [6.07, 6.45) is 10.0. The Morgan fingerprint density at radius 3 is 1.77 bits per heavy atom. The van der Waals surface area contributed by atoms with Crippen molar-refractivity contribution in [3.8, 4) is 0 Å². The molecule has 1 fully saturated rings. The van der Waals surface area contributed by atoms with Gasteiger partial charge in [0.25, 0.3) is 0 Å². The van der Waals surface area contributed by atoms with Gasteiger partial charge in [0.1, 0.15) is 5.82 Å². The number of fused-ring (bicyclic) bond motifs is 1. The predicted molar refractivity (Wildman–Crippen MR) is 259 cm³/mol. The Kier molecular flexibility index (Phi) is 13.0. The van der Waals surface area contributed by atoms with Crippen molar-refractivity contribution in [2.75, 3.05) is 11.4 Å². The van der Waals surface area contributed by atoms with Crippen LogP contribution in [0.15, 0.2) is 174 Å². The molecular weight excluding hydrogens is 880 g/mol. The number of nitrogens with one attached hydrogen (secondary N) is 1. The van der Waals surface area contributed by atoms with Gasteiger partial charge < -0.3 is 10.2 Å². The molecule has 304 valence electrons. The monoisotopic (exact) mass is 930 g/mol. The van der Waals surface area contributed by atoms with Crippen LogP contribution >= 0.6 is 27.3 Å². The first kappa shape index (κ1) is 42.1. The molecule has 1 unspecified atom stereocenters. The van der Waals surface area contributed by atoms with Crippen LogP contribution in [0.2, 0.25) is 0 Å². The Balaban J connectivity index is 0.000000230. The van der Waals surface area contributed by atoms with Crippen molar-refractivity contribution in [3.63, 3.8) is 0 Å². The molecule has 2 nitrogen and oxygen atoms in total. The van der Waals surface area contributed by atoms with E-state index < -0.39 is 21.4 Å². The van der Waals surface area contributed by atoms with Crippen molar-refractivity contribution in [1.82, 2.24) is 5.32 Å². The molecule has 0 saturated carbocycles. The van der Waals surface area contributed by atoms with Gasteiger partial charge in [0.2, 0.25) is 0 Å². The van der Waals surface area contributed by atoms with Gasteiger partial charge in [-0.05, 0) is 99.6 Å². The number of allylic oxidation sites excluding steroid dienone is 6. The topological polar surface area (TPSA) is 15.3 Å². The first-order valence-corrected chi connectivity index (χ1v) is 27.2. The summed E-state index contributed by atoms with van der Waals surface area (Å²) >= 11 is -1.94. The number of rotatable bonds is 6. The molecule has 0 radical (unpaired) electrons. The number of halogens is 2. The maximum absolute atomic E-state index is 6.29. The van der Waals surface area contributed by atoms with Crippen LogP contribution in [0.5, 0.6) is 0 Å². The quantitative estimate of drug-likeness (QED) is 0.132. The molecule has 1 N–H and O–H groups in total. The van der Waals surface area contributed by atoms with Gasteiger partial charge in [-0.3, -0.25) is 0 Å². The molecule has 2 aliphatic carbocycles. The number of hydrogen-bond acceptors (Lipinski definition) is 2. The molecule has 0 aromatic heterocycles. The Morgan fingerprint density at radius 2 is 1.18 bits per heavy atom. The maximum atomic E-state index is 6.29. The Bertz CT molecular complexity index is 2630. The van der Waals surface area contributed by atoms with E-state index >= 15 is 0 Å². The number of hydrogen-bond donors (Lipinski definition) is 1. The molecule has 1 atom stereocenters. The summed E-state index contributed by atoms with van der Waals surface area (Å²) in [7, 11) is 11.8. The molecule has 0 spiro atoms. The zero-order valence-electron chi connectivity index (χ0n) is 35.1. The summed E-state index contributed by atoms with van der Waals surface area (Å²) in [5.41, 5.74) is 17.0. The van der Waals surface area contributed by atoms with E-state index in [1.807, 2.05) is 30.3 Å². The van der Waals surface area contributed by atoms with E-state index in [0.29, 0.717) is 0 Å². The van der Waals surface area contributed by atoms with Crippen molar-refractivity contribution in [2.45, 2.75) is 54.0 Å². The summed E-state index contributed by atoms with van der Waals surface area (Å²) in [5.74, 6) is 1.25. The standard InChI is InChI=1S/C39H41N2P.C15H10.2ClH.Ru/c1-26-21-28(3)37(29(4)22-26)35-25-40-39(41(35)38-30(5)23-27(2)24-31(38)6)34-19-13-14-20-36(34)42(32-15-9-7-10-16-32)33-17-11-8-12-18-33;1-2-6-12(7-3-1)15-10-13-8-4-5-9-14(13)11-15;;;/h7-18,20-24,35,40H,19,25H2,1-6H3;1-10H;2*1H;/q;;;;+2/p-2. The number of nitrogens with zero attached hydrogens (tertiary/aromatic N) is 1. The average molecular weight is 931 g/mol. The van der Waals surface area contributed by atoms with Crippen LogP contribution < -0.4 is 20.8 Å². The van der Waals surface area contributed by atoms with Crippen molar-refractivity contribution in [1.29, 1.82) is 0 Å². The van der Waals surface area contributed by atoms with Crippen molar-refractivity contribution in [3.05, 3.63) is 230 Å². The summed E-state index contributed by atoms with van der Waals surface area (Å²) in [6, 6.07) is 50.3. The summed E-state index contributed by atoms with van der Waals surface area (Å²) in [5, 5.41) is 8.18. The molecule has 1 saturated heterocycles. The molecule has 6 heteroatoms. The van der Waals surface area contributed by atoms with E-state index in [1.54, 1.807) is 0 Å². The van der Waals surface area contributed by atoms with Gasteiger partial charge in [-0.1, -0.05) is 114 Å². The molecule has 6 aromatic carbocycles. The second-order valence-electron chi connectivity index (χ2n) is 15.8. The summed E-state index contributed by atoms with van der Waals surface area (Å²) < 4.78 is 1.14. The van der Waals surface area contributed by atoms with E-state index in [2.05, 4.69) is 185 Å². The van der Waals surface area contributed by atoms with Crippen LogP contribution in [-0.4, -0.2) is 10.7 Å². The number of anilines is 1. The molecule has 1 aliphatic heterocycles. The minimum absolute atomic E-state index is 0.208. The summed E-state index contributed by atoms with van der Waals surface area (Å²) in [4.78, 5) is 2.65. The van der Waals surface area contributed by atoms with E-state index in [9.17, 15) is 0 Å². The van der Waals surface area contributed by atoms with Crippen LogP contribution in [0, 0.1) is 41.5 Å². The second kappa shape index (κ2) is 18.6. The normalized spacial score (nSPS) is 17.1. The Labute approximate surface area is 371 Å². The third kappa shape index (κ3) is 8.62. The molecule has 6 aromatic rings. The van der Waals surface area contributed by atoms with Crippen LogP contribution in [0.3, 0.4) is 0 Å². The first-order valence-electron chi connectivity index (χ1n) is 20.5. The van der Waals surface area contributed by atoms with Gasteiger partial charge in [-0.2, -0.15) is 0 Å². The second-order valence-corrected chi connectivity index (χ2v) is 23.8. The molecule has 9 rings (SSSR count). The van der Waals surface area contributed by atoms with E-state index in [0.717, 1.165) is 17.1 Å². The number of aryl methyl sites for hydroxylation is 6. The predicted octanol–water partition coefficient (Wildman–Crippen LogP) is 13.6. The van der Waals surface area contributed by atoms with E-state index in [4.69, 9.17) is 19.4 Å². The number of benzene rings is 6. The molecule has 1 heterocycles. The minimum atomic E-state index is -1.94. The SMILES string of the molecule is Cc1cc(C)c(C2CNC(=C3CC=CC=C3P(c3ccccc3)c3ccccc3)N2c2c(C)cc(C)cc2C)c(C)c1.[Cl][Ru]([Cl])=[C]1C(c2ccccc2)=Cc2ccccc21. The molecule has 0 bridgehead atoms. The van der Waals surface area contributed by atoms with Crippen LogP contribution in [0.1, 0.15) is 68.1 Å². The molecular formula is C54H51Cl2N2PRu. The fraction of sp³-hybridized carbons (Fsp3) is 0.167. The van der Waals surface area contributed by atoms with E-state index in [1.165, 1.54) is 94.2 Å². The van der Waals surface area contributed by atoms with Gasteiger partial charge in [-0.15, -0.1) is 0 Å². The van der Waals surface area contributed by atoms with Gasteiger partial charge in [-0.25, -0.2) is 0 Å². The molecule has 60 heavy (non-hydrogen) atoms. The van der Waals surface area contributed by atoms with Gasteiger partial charge in [0.05, 0.1) is 6.04 Å². The third-order valence-electron chi connectivity index (χ3n) is 11.5. The zero-order chi connectivity index (χ0) is 41.9. The fourth-order valence-electron chi connectivity index (χ4n) is 9.25. The van der Waals surface area contributed by atoms with Crippen molar-refractivity contribution >= 4 is 59.4 Å². The first-order chi connectivity index (χ1) is 29.1. The van der Waals surface area contributed by atoms with Crippen molar-refractivity contribution < 1.29 is 13.5 Å². The van der Waals surface area contributed by atoms with Crippen LogP contribution in [0.4, 0.5) is 5.69 Å². The van der Waals surface area contributed by atoms with E-state index in [-0.39, 0.29) is 6.04 Å². The van der Waals surface area contributed by atoms with Crippen LogP contribution in [0.25, 0.3) is 11.6 Å². The van der Waals surface area contributed by atoms with Gasteiger partial charge in [0, 0.05) is 17.8 Å². The third-order valence-corrected chi connectivity index (χ3v) is 17.2. The Morgan fingerprint density at radius 1 is 0.650 bits per heavy atom. The molecule has 0 amide bonds. The average Bonchev–Trinajstić information content (AvgIpc) is 3.84.